The van der Waals surface area contributed by atoms with E-state index in [4.69, 9.17) is 4.74 Å². The van der Waals surface area contributed by atoms with Gasteiger partial charge < -0.3 is 4.74 Å². The molecule has 0 aliphatic rings. The van der Waals surface area contributed by atoms with Crippen molar-refractivity contribution in [2.75, 3.05) is 12.4 Å². The van der Waals surface area contributed by atoms with Crippen LogP contribution in [0.5, 0.6) is 5.75 Å². The molecule has 0 amide bonds. The third kappa shape index (κ3) is 6.03. The van der Waals surface area contributed by atoms with Gasteiger partial charge in [-0.05, 0) is 48.6 Å². The van der Waals surface area contributed by atoms with E-state index in [1.165, 1.54) is 9.79 Å². The van der Waals surface area contributed by atoms with E-state index in [0.29, 0.717) is 18.2 Å². The summed E-state index contributed by atoms with van der Waals surface area (Å²) in [4.78, 5) is 16.0. The van der Waals surface area contributed by atoms with E-state index >= 15 is 0 Å². The van der Waals surface area contributed by atoms with Crippen LogP contribution in [-0.2, 0) is 5.75 Å². The summed E-state index contributed by atoms with van der Waals surface area (Å²) in [6.45, 7) is 0.676. The van der Waals surface area contributed by atoms with Crippen molar-refractivity contribution in [3.8, 4) is 5.75 Å². The van der Waals surface area contributed by atoms with Crippen molar-refractivity contribution in [2.24, 2.45) is 0 Å². The van der Waals surface area contributed by atoms with Crippen molar-refractivity contribution in [2.45, 2.75) is 22.0 Å². The van der Waals surface area contributed by atoms with Crippen molar-refractivity contribution < 1.29 is 4.74 Å². The molecule has 0 atom stereocenters. The highest BCUT2D eigenvalue weighted by atomic mass is 32.2. The lowest BCUT2D eigenvalue weighted by molar-refractivity contribution is 0.318. The first-order valence-corrected chi connectivity index (χ1v) is 9.94. The first-order valence-electron chi connectivity index (χ1n) is 7.97. The molecule has 0 aliphatic carbocycles. The second-order valence-corrected chi connectivity index (χ2v) is 7.52. The molecule has 2 aromatic carbocycles. The number of aromatic amines is 2. The number of hydrogen-bond acceptors (Lipinski definition) is 5. The minimum absolute atomic E-state index is 0.257. The molecular formula is C18H19N3O2S2. The molecular weight excluding hydrogens is 354 g/mol. The fourth-order valence-electron chi connectivity index (χ4n) is 2.12. The van der Waals surface area contributed by atoms with E-state index in [1.807, 2.05) is 30.3 Å². The summed E-state index contributed by atoms with van der Waals surface area (Å²) in [5.74, 6) is 3.22. The Bertz CT molecular complexity index is 816. The third-order valence-electron chi connectivity index (χ3n) is 3.29. The lowest BCUT2D eigenvalue weighted by Crippen LogP contribution is -2.01. The summed E-state index contributed by atoms with van der Waals surface area (Å²) in [5.41, 5.74) is -0.257. The first-order chi connectivity index (χ1) is 12.3. The van der Waals surface area contributed by atoms with Crippen LogP contribution in [0.2, 0.25) is 0 Å². The molecule has 1 heterocycles. The smallest absolute Gasteiger partial charge is 0.340 e. The number of nitrogens with one attached hydrogen (secondary N) is 2. The van der Waals surface area contributed by atoms with Gasteiger partial charge in [-0.15, -0.1) is 0 Å². The summed E-state index contributed by atoms with van der Waals surface area (Å²) in [6.07, 6.45) is 0.944. The minimum atomic E-state index is -0.257. The van der Waals surface area contributed by atoms with Gasteiger partial charge in [0.1, 0.15) is 11.6 Å². The molecule has 1 aromatic heterocycles. The number of thioether (sulfide) groups is 1. The molecule has 2 N–H and O–H groups in total. The lowest BCUT2D eigenvalue weighted by atomic mass is 10.3. The number of H-pyrrole nitrogens is 2. The van der Waals surface area contributed by atoms with Crippen LogP contribution in [0.15, 0.2) is 69.2 Å². The molecule has 0 spiro atoms. The van der Waals surface area contributed by atoms with E-state index in [0.717, 1.165) is 17.9 Å². The summed E-state index contributed by atoms with van der Waals surface area (Å²) < 4.78 is 5.77. The zero-order valence-electron chi connectivity index (χ0n) is 13.6. The molecule has 0 saturated carbocycles. The van der Waals surface area contributed by atoms with Crippen molar-refractivity contribution in [1.82, 2.24) is 15.2 Å². The Hall–Kier alpha value is -2.12. The number of benzene rings is 2. The van der Waals surface area contributed by atoms with Gasteiger partial charge in [-0.25, -0.2) is 9.89 Å². The number of hydrogen-bond donors (Lipinski definition) is 2. The van der Waals surface area contributed by atoms with Crippen molar-refractivity contribution in [1.29, 1.82) is 0 Å². The number of nitrogens with zero attached hydrogens (tertiary/aromatic N) is 1. The van der Waals surface area contributed by atoms with Crippen LogP contribution in [0, 0.1) is 0 Å². The quantitative estimate of drug-likeness (QED) is 0.556. The van der Waals surface area contributed by atoms with Crippen LogP contribution in [0.25, 0.3) is 0 Å². The second-order valence-electron chi connectivity index (χ2n) is 5.27. The molecule has 0 radical (unpaired) electrons. The molecule has 25 heavy (non-hydrogen) atoms. The lowest BCUT2D eigenvalue weighted by Gasteiger charge is -2.07. The van der Waals surface area contributed by atoms with Crippen LogP contribution in [-0.4, -0.2) is 27.5 Å². The third-order valence-corrected chi connectivity index (χ3v) is 5.36. The van der Waals surface area contributed by atoms with Crippen LogP contribution < -0.4 is 10.4 Å². The maximum absolute atomic E-state index is 10.9. The van der Waals surface area contributed by atoms with Crippen molar-refractivity contribution >= 4 is 23.5 Å². The van der Waals surface area contributed by atoms with Gasteiger partial charge in [-0.2, -0.15) is 16.9 Å². The Kier molecular flexibility index (Phi) is 6.64. The first kappa shape index (κ1) is 17.7. The topological polar surface area (TPSA) is 70.8 Å². The Balaban J connectivity index is 1.34. The molecule has 0 saturated heterocycles. The number of rotatable bonds is 9. The van der Waals surface area contributed by atoms with Crippen LogP contribution in [0.1, 0.15) is 12.2 Å². The number of ether oxygens (including phenoxy) is 1. The summed E-state index contributed by atoms with van der Waals surface area (Å²) in [5, 5.41) is 6.23. The molecule has 0 fully saturated rings. The SMILES string of the molecule is O=c1[nH]nc(CSCCCOc2ccc(Sc3ccccc3)cc2)[nH]1. The molecule has 0 bridgehead atoms. The molecule has 0 unspecified atom stereocenters. The Morgan fingerprint density at radius 1 is 1.00 bits per heavy atom. The predicted molar refractivity (Wildman–Crippen MR) is 102 cm³/mol. The Morgan fingerprint density at radius 3 is 2.48 bits per heavy atom. The summed E-state index contributed by atoms with van der Waals surface area (Å²) in [7, 11) is 0. The monoisotopic (exact) mass is 373 g/mol. The van der Waals surface area contributed by atoms with Crippen molar-refractivity contribution in [3.05, 3.63) is 70.9 Å². The van der Waals surface area contributed by atoms with Crippen LogP contribution >= 0.6 is 23.5 Å². The summed E-state index contributed by atoms with van der Waals surface area (Å²) in [6, 6.07) is 18.5. The zero-order chi connectivity index (χ0) is 17.3. The molecule has 0 aliphatic heterocycles. The molecule has 7 heteroatoms. The van der Waals surface area contributed by atoms with Crippen LogP contribution in [0.3, 0.4) is 0 Å². The Morgan fingerprint density at radius 2 is 1.76 bits per heavy atom. The normalized spacial score (nSPS) is 10.7. The standard InChI is InChI=1S/C18H19N3O2S2/c22-18-19-17(20-21-18)13-24-12-4-11-23-14-7-9-16(10-8-14)25-15-5-2-1-3-6-15/h1-3,5-10H,4,11-13H2,(H2,19,20,21,22). The highest BCUT2D eigenvalue weighted by Gasteiger charge is 2.00. The van der Waals surface area contributed by atoms with E-state index in [9.17, 15) is 4.79 Å². The fourth-order valence-corrected chi connectivity index (χ4v) is 3.76. The zero-order valence-corrected chi connectivity index (χ0v) is 15.2. The largest absolute Gasteiger partial charge is 0.494 e. The average molecular weight is 374 g/mol. The van der Waals surface area contributed by atoms with Gasteiger partial charge in [0, 0.05) is 9.79 Å². The van der Waals surface area contributed by atoms with Crippen LogP contribution in [0.4, 0.5) is 0 Å². The van der Waals surface area contributed by atoms with Gasteiger partial charge in [0.15, 0.2) is 0 Å². The van der Waals surface area contributed by atoms with Gasteiger partial charge in [0.25, 0.3) is 0 Å². The molecule has 3 aromatic rings. The van der Waals surface area contributed by atoms with Gasteiger partial charge in [0.05, 0.1) is 12.4 Å². The second kappa shape index (κ2) is 9.39. The van der Waals surface area contributed by atoms with Crippen molar-refractivity contribution in [3.63, 3.8) is 0 Å². The van der Waals surface area contributed by atoms with E-state index in [-0.39, 0.29) is 5.69 Å². The fraction of sp³-hybridized carbons (Fsp3) is 0.222. The van der Waals surface area contributed by atoms with E-state index in [2.05, 4.69) is 39.4 Å². The average Bonchev–Trinajstić information content (AvgIpc) is 3.05. The van der Waals surface area contributed by atoms with E-state index < -0.39 is 0 Å². The minimum Gasteiger partial charge on any atom is -0.494 e. The summed E-state index contributed by atoms with van der Waals surface area (Å²) >= 11 is 3.46. The highest BCUT2D eigenvalue weighted by Crippen LogP contribution is 2.28. The molecule has 5 nitrogen and oxygen atoms in total. The highest BCUT2D eigenvalue weighted by molar-refractivity contribution is 7.99. The van der Waals surface area contributed by atoms with E-state index in [1.54, 1.807) is 23.5 Å². The molecule has 130 valence electrons. The van der Waals surface area contributed by atoms with Gasteiger partial charge in [0.2, 0.25) is 0 Å². The number of aromatic nitrogens is 3. The maximum Gasteiger partial charge on any atom is 0.340 e. The molecule has 3 rings (SSSR count). The van der Waals surface area contributed by atoms with Gasteiger partial charge >= 0.3 is 5.69 Å². The maximum atomic E-state index is 10.9. The Labute approximate surface area is 154 Å². The van der Waals surface area contributed by atoms with Gasteiger partial charge in [-0.1, -0.05) is 30.0 Å². The van der Waals surface area contributed by atoms with Gasteiger partial charge in [-0.3, -0.25) is 4.98 Å². The predicted octanol–water partition coefficient (Wildman–Crippen LogP) is 3.95.